The lowest BCUT2D eigenvalue weighted by Crippen LogP contribution is -2.43. The number of fused-ring (bicyclic) bond motifs is 1. The summed E-state index contributed by atoms with van der Waals surface area (Å²) in [5, 5.41) is 13.4. The molecule has 1 saturated heterocycles. The van der Waals surface area contributed by atoms with Gasteiger partial charge in [-0.2, -0.15) is 0 Å². The van der Waals surface area contributed by atoms with Gasteiger partial charge >= 0.3 is 6.03 Å². The minimum Gasteiger partial charge on any atom is -0.396 e. The van der Waals surface area contributed by atoms with Crippen LogP contribution in [0.2, 0.25) is 0 Å². The number of urea groups is 1. The molecule has 1 atom stereocenters. The highest BCUT2D eigenvalue weighted by molar-refractivity contribution is 5.92. The number of likely N-dealkylation sites (tertiary alicyclic amines) is 1. The Kier molecular flexibility index (Phi) is 4.34. The van der Waals surface area contributed by atoms with Crippen molar-refractivity contribution < 1.29 is 9.90 Å². The minimum atomic E-state index is -0.0768. The standard InChI is InChI=1S/C17H23N3O2/c1-2-19-9-7-14-5-6-15(10-16(14)19)18-17(22)20-8-3-4-13(11-20)12-21/h5-7,9-10,13,21H,2-4,8,11-12H2,1H3,(H,18,22). The summed E-state index contributed by atoms with van der Waals surface area (Å²) in [6.07, 6.45) is 4.01. The van der Waals surface area contributed by atoms with Crippen LogP contribution in [-0.4, -0.2) is 40.3 Å². The Morgan fingerprint density at radius 1 is 1.41 bits per heavy atom. The van der Waals surface area contributed by atoms with E-state index in [0.717, 1.165) is 37.1 Å². The van der Waals surface area contributed by atoms with Gasteiger partial charge in [0.1, 0.15) is 0 Å². The molecule has 5 heteroatoms. The Bertz CT molecular complexity index is 665. The highest BCUT2D eigenvalue weighted by Crippen LogP contribution is 2.22. The lowest BCUT2D eigenvalue weighted by molar-refractivity contribution is 0.136. The summed E-state index contributed by atoms with van der Waals surface area (Å²) < 4.78 is 2.16. The van der Waals surface area contributed by atoms with Crippen molar-refractivity contribution in [1.29, 1.82) is 0 Å². The Labute approximate surface area is 130 Å². The van der Waals surface area contributed by atoms with Crippen LogP contribution in [0.1, 0.15) is 19.8 Å². The van der Waals surface area contributed by atoms with Gasteiger partial charge in [-0.3, -0.25) is 0 Å². The zero-order chi connectivity index (χ0) is 15.5. The average molecular weight is 301 g/mol. The largest absolute Gasteiger partial charge is 0.396 e. The van der Waals surface area contributed by atoms with E-state index in [0.29, 0.717) is 6.54 Å². The van der Waals surface area contributed by atoms with Crippen LogP contribution < -0.4 is 5.32 Å². The zero-order valence-electron chi connectivity index (χ0n) is 13.0. The molecule has 22 heavy (non-hydrogen) atoms. The van der Waals surface area contributed by atoms with Gasteiger partial charge in [0.2, 0.25) is 0 Å². The molecule has 1 unspecified atom stereocenters. The topological polar surface area (TPSA) is 57.5 Å². The SMILES string of the molecule is CCn1ccc2ccc(NC(=O)N3CCCC(CO)C3)cc21. The number of anilines is 1. The Morgan fingerprint density at radius 2 is 2.27 bits per heavy atom. The molecule has 1 aliphatic heterocycles. The number of benzene rings is 1. The van der Waals surface area contributed by atoms with Gasteiger partial charge in [0.15, 0.2) is 0 Å². The van der Waals surface area contributed by atoms with E-state index in [1.807, 2.05) is 18.2 Å². The van der Waals surface area contributed by atoms with Crippen LogP contribution in [0.15, 0.2) is 30.5 Å². The summed E-state index contributed by atoms with van der Waals surface area (Å²) in [5.41, 5.74) is 1.95. The second-order valence-electron chi connectivity index (χ2n) is 5.94. The summed E-state index contributed by atoms with van der Waals surface area (Å²) >= 11 is 0. The molecule has 0 saturated carbocycles. The lowest BCUT2D eigenvalue weighted by Gasteiger charge is -2.31. The lowest BCUT2D eigenvalue weighted by atomic mass is 9.99. The van der Waals surface area contributed by atoms with Crippen molar-refractivity contribution >= 4 is 22.6 Å². The highest BCUT2D eigenvalue weighted by Gasteiger charge is 2.23. The number of rotatable bonds is 3. The number of aliphatic hydroxyl groups is 1. The van der Waals surface area contributed by atoms with Crippen molar-refractivity contribution in [1.82, 2.24) is 9.47 Å². The third kappa shape index (κ3) is 2.95. The second-order valence-corrected chi connectivity index (χ2v) is 5.94. The van der Waals surface area contributed by atoms with E-state index in [1.54, 1.807) is 4.90 Å². The second kappa shape index (κ2) is 6.40. The van der Waals surface area contributed by atoms with Crippen LogP contribution in [-0.2, 0) is 6.54 Å². The molecule has 0 radical (unpaired) electrons. The highest BCUT2D eigenvalue weighted by atomic mass is 16.3. The van der Waals surface area contributed by atoms with Crippen LogP contribution in [0, 0.1) is 5.92 Å². The number of aliphatic hydroxyl groups excluding tert-OH is 1. The fraction of sp³-hybridized carbons (Fsp3) is 0.471. The van der Waals surface area contributed by atoms with Gasteiger partial charge in [0, 0.05) is 38.1 Å². The first kappa shape index (κ1) is 14.9. The number of carbonyl (C=O) groups is 1. The van der Waals surface area contributed by atoms with Crippen LogP contribution in [0.5, 0.6) is 0 Å². The van der Waals surface area contributed by atoms with E-state index in [4.69, 9.17) is 0 Å². The van der Waals surface area contributed by atoms with Crippen molar-refractivity contribution in [2.45, 2.75) is 26.3 Å². The summed E-state index contributed by atoms with van der Waals surface area (Å²) in [6.45, 7) is 4.56. The van der Waals surface area contributed by atoms with E-state index in [-0.39, 0.29) is 18.6 Å². The van der Waals surface area contributed by atoms with Crippen molar-refractivity contribution in [3.8, 4) is 0 Å². The first-order valence-electron chi connectivity index (χ1n) is 7.97. The maximum Gasteiger partial charge on any atom is 0.321 e. The molecule has 1 aliphatic rings. The predicted octanol–water partition coefficient (Wildman–Crippen LogP) is 2.90. The summed E-state index contributed by atoms with van der Waals surface area (Å²) in [7, 11) is 0. The number of nitrogens with one attached hydrogen (secondary N) is 1. The smallest absolute Gasteiger partial charge is 0.321 e. The quantitative estimate of drug-likeness (QED) is 0.916. The van der Waals surface area contributed by atoms with E-state index in [1.165, 1.54) is 5.39 Å². The van der Waals surface area contributed by atoms with Crippen molar-refractivity contribution in [3.63, 3.8) is 0 Å². The van der Waals surface area contributed by atoms with Crippen LogP contribution >= 0.6 is 0 Å². The zero-order valence-corrected chi connectivity index (χ0v) is 13.0. The van der Waals surface area contributed by atoms with E-state index in [9.17, 15) is 9.90 Å². The third-order valence-corrected chi connectivity index (χ3v) is 4.43. The Hall–Kier alpha value is -2.01. The van der Waals surface area contributed by atoms with Crippen molar-refractivity contribution in [2.75, 3.05) is 25.0 Å². The number of hydrogen-bond donors (Lipinski definition) is 2. The van der Waals surface area contributed by atoms with Crippen LogP contribution in [0.25, 0.3) is 10.9 Å². The van der Waals surface area contributed by atoms with E-state index >= 15 is 0 Å². The summed E-state index contributed by atoms with van der Waals surface area (Å²) in [6, 6.07) is 8.00. The maximum absolute atomic E-state index is 12.4. The Morgan fingerprint density at radius 3 is 3.05 bits per heavy atom. The van der Waals surface area contributed by atoms with Crippen LogP contribution in [0.3, 0.4) is 0 Å². The summed E-state index contributed by atoms with van der Waals surface area (Å²) in [5.74, 6) is 0.208. The number of nitrogens with zero attached hydrogens (tertiary/aromatic N) is 2. The maximum atomic E-state index is 12.4. The average Bonchev–Trinajstić information content (AvgIpc) is 2.97. The van der Waals surface area contributed by atoms with Crippen molar-refractivity contribution in [2.24, 2.45) is 5.92 Å². The molecule has 0 spiro atoms. The fourth-order valence-electron chi connectivity index (χ4n) is 3.14. The van der Waals surface area contributed by atoms with Gasteiger partial charge in [-0.05, 0) is 49.3 Å². The molecule has 1 aromatic heterocycles. The molecule has 118 valence electrons. The molecule has 0 bridgehead atoms. The number of piperidine rings is 1. The number of amides is 2. The van der Waals surface area contributed by atoms with Gasteiger partial charge in [-0.1, -0.05) is 6.07 Å². The first-order chi connectivity index (χ1) is 10.7. The van der Waals surface area contributed by atoms with Gasteiger partial charge in [-0.15, -0.1) is 0 Å². The number of aryl methyl sites for hydroxylation is 1. The molecular formula is C17H23N3O2. The van der Waals surface area contributed by atoms with E-state index < -0.39 is 0 Å². The molecule has 1 aromatic carbocycles. The number of aromatic nitrogens is 1. The van der Waals surface area contributed by atoms with E-state index in [2.05, 4.69) is 29.1 Å². The molecule has 2 heterocycles. The number of hydrogen-bond acceptors (Lipinski definition) is 2. The van der Waals surface area contributed by atoms with Gasteiger partial charge in [0.05, 0.1) is 5.52 Å². The molecule has 2 N–H and O–H groups in total. The minimum absolute atomic E-state index is 0.0768. The van der Waals surface area contributed by atoms with Gasteiger partial charge in [0.25, 0.3) is 0 Å². The predicted molar refractivity (Wildman–Crippen MR) is 88.0 cm³/mol. The van der Waals surface area contributed by atoms with Crippen molar-refractivity contribution in [3.05, 3.63) is 30.5 Å². The monoisotopic (exact) mass is 301 g/mol. The molecular weight excluding hydrogens is 278 g/mol. The van der Waals surface area contributed by atoms with Gasteiger partial charge < -0.3 is 19.9 Å². The molecule has 1 fully saturated rings. The van der Waals surface area contributed by atoms with Crippen LogP contribution in [0.4, 0.5) is 10.5 Å². The molecule has 2 aromatic rings. The molecule has 0 aliphatic carbocycles. The molecule has 2 amide bonds. The third-order valence-electron chi connectivity index (χ3n) is 4.43. The first-order valence-corrected chi connectivity index (χ1v) is 7.97. The molecule has 3 rings (SSSR count). The number of carbonyl (C=O) groups excluding carboxylic acids is 1. The Balaban J connectivity index is 1.73. The summed E-state index contributed by atoms with van der Waals surface area (Å²) in [4.78, 5) is 14.2. The fourth-order valence-corrected chi connectivity index (χ4v) is 3.14. The van der Waals surface area contributed by atoms with Gasteiger partial charge in [-0.25, -0.2) is 4.79 Å². The molecule has 5 nitrogen and oxygen atoms in total. The normalized spacial score (nSPS) is 18.6.